The molecule has 2 saturated heterocycles. The molecule has 6 heteroatoms. The second kappa shape index (κ2) is 9.53. The Kier molecular flexibility index (Phi) is 6.77. The van der Waals surface area contributed by atoms with E-state index in [4.69, 9.17) is 0 Å². The molecule has 1 amide bonds. The summed E-state index contributed by atoms with van der Waals surface area (Å²) < 4.78 is 27.2. The highest BCUT2D eigenvalue weighted by Crippen LogP contribution is 2.33. The normalized spacial score (nSPS) is 20.2. The summed E-state index contributed by atoms with van der Waals surface area (Å²) in [7, 11) is -3.41. The predicted octanol–water partition coefficient (Wildman–Crippen LogP) is 4.47. The summed E-state index contributed by atoms with van der Waals surface area (Å²) in [5.41, 5.74) is 3.44. The summed E-state index contributed by atoms with van der Waals surface area (Å²) in [5.74, 6) is 0.175. The minimum atomic E-state index is -3.41. The monoisotopic (exact) mass is 440 g/mol. The fourth-order valence-electron chi connectivity index (χ4n) is 4.77. The van der Waals surface area contributed by atoms with Crippen LogP contribution in [0.25, 0.3) is 0 Å². The lowest BCUT2D eigenvalue weighted by atomic mass is 10.0. The molecule has 1 unspecified atom stereocenters. The van der Waals surface area contributed by atoms with Crippen LogP contribution in [0, 0.1) is 6.92 Å². The molecule has 2 aliphatic rings. The third kappa shape index (κ3) is 5.01. The van der Waals surface area contributed by atoms with Gasteiger partial charge in [-0.3, -0.25) is 4.79 Å². The molecule has 2 fully saturated rings. The van der Waals surface area contributed by atoms with Gasteiger partial charge in [-0.1, -0.05) is 48.4 Å². The molecule has 166 valence electrons. The Morgan fingerprint density at radius 2 is 1.71 bits per heavy atom. The van der Waals surface area contributed by atoms with Crippen LogP contribution in [0.3, 0.4) is 0 Å². The maximum atomic E-state index is 12.9. The summed E-state index contributed by atoms with van der Waals surface area (Å²) in [6.07, 6.45) is 6.08. The van der Waals surface area contributed by atoms with Crippen LogP contribution in [0.5, 0.6) is 0 Å². The summed E-state index contributed by atoms with van der Waals surface area (Å²) in [5, 5.41) is 0. The largest absolute Gasteiger partial charge is 0.336 e. The highest BCUT2D eigenvalue weighted by molar-refractivity contribution is 7.89. The smallest absolute Gasteiger partial charge is 0.243 e. The summed E-state index contributed by atoms with van der Waals surface area (Å²) in [6, 6.07) is 15.7. The van der Waals surface area contributed by atoms with Gasteiger partial charge in [0.05, 0.1) is 10.9 Å². The van der Waals surface area contributed by atoms with E-state index in [2.05, 4.69) is 31.2 Å². The minimum Gasteiger partial charge on any atom is -0.336 e. The quantitative estimate of drug-likeness (QED) is 0.666. The molecule has 2 aromatic rings. The standard InChI is InChI=1S/C25H32N2O3S/c1-20-7-5-8-22(19-20)24-9-6-18-27(24)25(28)15-12-21-10-13-23(14-11-21)31(29,30)26-16-3-2-4-17-26/h5,7-8,10-11,13-14,19,24H,2-4,6,9,12,15-18H2,1H3. The number of likely N-dealkylation sites (tertiary alicyclic amines) is 1. The van der Waals surface area contributed by atoms with Crippen LogP contribution >= 0.6 is 0 Å². The maximum absolute atomic E-state index is 12.9. The van der Waals surface area contributed by atoms with Gasteiger partial charge in [0, 0.05) is 26.1 Å². The maximum Gasteiger partial charge on any atom is 0.243 e. The van der Waals surface area contributed by atoms with Gasteiger partial charge in [-0.15, -0.1) is 0 Å². The van der Waals surface area contributed by atoms with Crippen LogP contribution in [0.2, 0.25) is 0 Å². The molecular weight excluding hydrogens is 408 g/mol. The van der Waals surface area contributed by atoms with Crippen molar-refractivity contribution >= 4 is 15.9 Å². The zero-order valence-corrected chi connectivity index (χ0v) is 19.1. The SMILES string of the molecule is Cc1cccc(C2CCCN2C(=O)CCc2ccc(S(=O)(=O)N3CCCCC3)cc2)c1. The predicted molar refractivity (Wildman–Crippen MR) is 122 cm³/mol. The Bertz CT molecular complexity index is 1010. The first-order valence-corrected chi connectivity index (χ1v) is 12.8. The molecule has 2 aromatic carbocycles. The summed E-state index contributed by atoms with van der Waals surface area (Å²) in [6.45, 7) is 4.11. The minimum absolute atomic E-state index is 0.171. The zero-order valence-electron chi connectivity index (χ0n) is 18.3. The fraction of sp³-hybridized carbons (Fsp3) is 0.480. The molecule has 0 aromatic heterocycles. The number of amides is 1. The number of piperidine rings is 1. The van der Waals surface area contributed by atoms with E-state index in [-0.39, 0.29) is 11.9 Å². The number of hydrogen-bond donors (Lipinski definition) is 0. The molecule has 31 heavy (non-hydrogen) atoms. The van der Waals surface area contributed by atoms with Gasteiger partial charge < -0.3 is 4.90 Å². The molecule has 0 spiro atoms. The van der Waals surface area contributed by atoms with Gasteiger partial charge in [0.1, 0.15) is 0 Å². The molecule has 2 heterocycles. The zero-order chi connectivity index (χ0) is 21.8. The average Bonchev–Trinajstić information content (AvgIpc) is 3.28. The molecule has 1 atom stereocenters. The fourth-order valence-corrected chi connectivity index (χ4v) is 6.28. The number of nitrogens with zero attached hydrogens (tertiary/aromatic N) is 2. The van der Waals surface area contributed by atoms with E-state index >= 15 is 0 Å². The van der Waals surface area contributed by atoms with Crippen molar-refractivity contribution in [2.24, 2.45) is 0 Å². The van der Waals surface area contributed by atoms with Crippen molar-refractivity contribution in [2.75, 3.05) is 19.6 Å². The number of hydrogen-bond acceptors (Lipinski definition) is 3. The molecule has 0 bridgehead atoms. The van der Waals surface area contributed by atoms with Crippen molar-refractivity contribution in [1.82, 2.24) is 9.21 Å². The number of sulfonamides is 1. The van der Waals surface area contributed by atoms with E-state index in [0.29, 0.717) is 30.8 Å². The van der Waals surface area contributed by atoms with Gasteiger partial charge in [0.25, 0.3) is 0 Å². The second-order valence-electron chi connectivity index (χ2n) is 8.77. The second-order valence-corrected chi connectivity index (χ2v) is 10.7. The van der Waals surface area contributed by atoms with E-state index < -0.39 is 10.0 Å². The van der Waals surface area contributed by atoms with Gasteiger partial charge in [-0.05, 0) is 62.3 Å². The number of carbonyl (C=O) groups excluding carboxylic acids is 1. The third-order valence-electron chi connectivity index (χ3n) is 6.50. The third-order valence-corrected chi connectivity index (χ3v) is 8.42. The molecule has 5 nitrogen and oxygen atoms in total. The lowest BCUT2D eigenvalue weighted by molar-refractivity contribution is -0.132. The van der Waals surface area contributed by atoms with Gasteiger partial charge >= 0.3 is 0 Å². The first kappa shape index (κ1) is 22.0. The van der Waals surface area contributed by atoms with Crippen LogP contribution in [-0.2, 0) is 21.2 Å². The van der Waals surface area contributed by atoms with Crippen molar-refractivity contribution in [3.8, 4) is 0 Å². The Labute approximate surface area is 186 Å². The van der Waals surface area contributed by atoms with E-state index in [0.717, 1.165) is 44.2 Å². The molecule has 0 radical (unpaired) electrons. The van der Waals surface area contributed by atoms with E-state index in [1.165, 1.54) is 11.1 Å². The van der Waals surface area contributed by atoms with Crippen molar-refractivity contribution in [1.29, 1.82) is 0 Å². The van der Waals surface area contributed by atoms with E-state index in [1.54, 1.807) is 16.4 Å². The van der Waals surface area contributed by atoms with Crippen LogP contribution < -0.4 is 0 Å². The molecule has 2 aliphatic heterocycles. The van der Waals surface area contributed by atoms with Crippen LogP contribution in [-0.4, -0.2) is 43.2 Å². The van der Waals surface area contributed by atoms with Gasteiger partial charge in [-0.25, -0.2) is 8.42 Å². The Balaban J connectivity index is 1.37. The number of rotatable bonds is 6. The Morgan fingerprint density at radius 1 is 0.968 bits per heavy atom. The Hall–Kier alpha value is -2.18. The average molecular weight is 441 g/mol. The molecular formula is C25H32N2O3S. The summed E-state index contributed by atoms with van der Waals surface area (Å²) >= 11 is 0. The topological polar surface area (TPSA) is 57.7 Å². The van der Waals surface area contributed by atoms with Crippen LogP contribution in [0.1, 0.15) is 61.3 Å². The number of carbonyl (C=O) groups is 1. The van der Waals surface area contributed by atoms with E-state index in [9.17, 15) is 13.2 Å². The van der Waals surface area contributed by atoms with Crippen LogP contribution in [0.4, 0.5) is 0 Å². The van der Waals surface area contributed by atoms with Gasteiger partial charge in [0.2, 0.25) is 15.9 Å². The molecule has 0 aliphatic carbocycles. The van der Waals surface area contributed by atoms with Gasteiger partial charge in [0.15, 0.2) is 0 Å². The van der Waals surface area contributed by atoms with Crippen molar-refractivity contribution < 1.29 is 13.2 Å². The van der Waals surface area contributed by atoms with Crippen molar-refractivity contribution in [2.45, 2.75) is 62.8 Å². The van der Waals surface area contributed by atoms with E-state index in [1.807, 2.05) is 17.0 Å². The first-order valence-electron chi connectivity index (χ1n) is 11.4. The van der Waals surface area contributed by atoms with Crippen LogP contribution in [0.15, 0.2) is 53.4 Å². The lowest BCUT2D eigenvalue weighted by Crippen LogP contribution is -2.35. The number of benzene rings is 2. The molecule has 0 saturated carbocycles. The highest BCUT2D eigenvalue weighted by Gasteiger charge is 2.30. The molecule has 0 N–H and O–H groups in total. The first-order chi connectivity index (χ1) is 14.9. The van der Waals surface area contributed by atoms with Gasteiger partial charge in [-0.2, -0.15) is 4.31 Å². The van der Waals surface area contributed by atoms with Crippen molar-refractivity contribution in [3.63, 3.8) is 0 Å². The lowest BCUT2D eigenvalue weighted by Gasteiger charge is -2.26. The highest BCUT2D eigenvalue weighted by atomic mass is 32.2. The summed E-state index contributed by atoms with van der Waals surface area (Å²) in [4.78, 5) is 15.3. The van der Waals surface area contributed by atoms with Crippen molar-refractivity contribution in [3.05, 3.63) is 65.2 Å². The molecule has 4 rings (SSSR count). The Morgan fingerprint density at radius 3 is 2.42 bits per heavy atom. The number of aryl methyl sites for hydroxylation is 2.